The van der Waals surface area contributed by atoms with Crippen molar-refractivity contribution in [3.8, 4) is 5.00 Å². The highest BCUT2D eigenvalue weighted by Gasteiger charge is 2.23. The molecule has 3 rings (SSSR count). The summed E-state index contributed by atoms with van der Waals surface area (Å²) in [6.07, 6.45) is 1.99. The molecule has 0 bridgehead atoms. The molecular weight excluding hydrogens is 248 g/mol. The first kappa shape index (κ1) is 11.5. The summed E-state index contributed by atoms with van der Waals surface area (Å²) in [7, 11) is 0. The summed E-state index contributed by atoms with van der Waals surface area (Å²) in [6.45, 7) is 2.65. The molecule has 1 aliphatic heterocycles. The van der Waals surface area contributed by atoms with Crippen molar-refractivity contribution in [3.63, 3.8) is 0 Å². The van der Waals surface area contributed by atoms with E-state index in [0.29, 0.717) is 12.5 Å². The van der Waals surface area contributed by atoms with Gasteiger partial charge in [0, 0.05) is 6.20 Å². The summed E-state index contributed by atoms with van der Waals surface area (Å²) in [6, 6.07) is 5.77. The molecular formula is C13H14N2O2S. The van der Waals surface area contributed by atoms with Crippen LogP contribution in [0.5, 0.6) is 0 Å². The van der Waals surface area contributed by atoms with Gasteiger partial charge < -0.3 is 14.4 Å². The fraction of sp³-hybridized carbons (Fsp3) is 0.308. The van der Waals surface area contributed by atoms with Crippen LogP contribution in [0, 0.1) is 0 Å². The molecule has 0 fully saturated rings. The molecule has 2 aromatic heterocycles. The molecule has 1 aliphatic rings. The standard InChI is InChI=1S/C13H14N2O2S/c1-2-7-17-12-9-5-8-18-13(9)15-6-3-4-10(15)11(16)14-12/h3-6,8,11,16H,2,7H2,1H3. The fourth-order valence-electron chi connectivity index (χ4n) is 2.00. The molecule has 0 aliphatic carbocycles. The maximum atomic E-state index is 10.1. The van der Waals surface area contributed by atoms with Crippen LogP contribution in [0.1, 0.15) is 30.8 Å². The fourth-order valence-corrected chi connectivity index (χ4v) is 2.90. The van der Waals surface area contributed by atoms with Gasteiger partial charge in [-0.15, -0.1) is 11.3 Å². The lowest BCUT2D eigenvalue weighted by molar-refractivity contribution is 0.176. The van der Waals surface area contributed by atoms with Crippen molar-refractivity contribution in [3.05, 3.63) is 41.0 Å². The smallest absolute Gasteiger partial charge is 0.222 e. The predicted molar refractivity (Wildman–Crippen MR) is 71.4 cm³/mol. The quantitative estimate of drug-likeness (QED) is 0.904. The zero-order valence-corrected chi connectivity index (χ0v) is 10.9. The van der Waals surface area contributed by atoms with Crippen LogP contribution in [0.15, 0.2) is 34.8 Å². The Morgan fingerprint density at radius 2 is 2.39 bits per heavy atom. The van der Waals surface area contributed by atoms with E-state index in [4.69, 9.17) is 4.74 Å². The van der Waals surface area contributed by atoms with Gasteiger partial charge in [-0.25, -0.2) is 4.99 Å². The summed E-state index contributed by atoms with van der Waals surface area (Å²) in [5, 5.41) is 13.2. The van der Waals surface area contributed by atoms with Gasteiger partial charge in [-0.1, -0.05) is 6.92 Å². The number of nitrogens with zero attached hydrogens (tertiary/aromatic N) is 2. The number of aliphatic hydroxyl groups is 1. The molecule has 0 saturated carbocycles. The predicted octanol–water partition coefficient (Wildman–Crippen LogP) is 2.72. The van der Waals surface area contributed by atoms with E-state index in [-0.39, 0.29) is 0 Å². The molecule has 1 unspecified atom stereocenters. The average molecular weight is 262 g/mol. The first-order valence-electron chi connectivity index (χ1n) is 5.95. The second kappa shape index (κ2) is 4.59. The largest absolute Gasteiger partial charge is 0.477 e. The highest BCUT2D eigenvalue weighted by atomic mass is 32.1. The number of rotatable bonds is 2. The third-order valence-corrected chi connectivity index (χ3v) is 3.73. The summed E-state index contributed by atoms with van der Waals surface area (Å²) in [4.78, 5) is 4.28. The SMILES string of the molecule is CCCOC1=NC(O)c2cccn2-c2sccc21. The van der Waals surface area contributed by atoms with Crippen LogP contribution < -0.4 is 0 Å². The lowest BCUT2D eigenvalue weighted by Gasteiger charge is -2.07. The van der Waals surface area contributed by atoms with E-state index in [1.54, 1.807) is 11.3 Å². The third kappa shape index (κ3) is 1.76. The summed E-state index contributed by atoms with van der Waals surface area (Å²) >= 11 is 1.62. The molecule has 4 nitrogen and oxygen atoms in total. The second-order valence-corrected chi connectivity index (χ2v) is 4.99. The van der Waals surface area contributed by atoms with Crippen molar-refractivity contribution in [1.82, 2.24) is 4.57 Å². The molecule has 94 valence electrons. The van der Waals surface area contributed by atoms with Gasteiger partial charge in [-0.2, -0.15) is 0 Å². The maximum Gasteiger partial charge on any atom is 0.222 e. The van der Waals surface area contributed by atoms with Crippen molar-refractivity contribution in [2.24, 2.45) is 4.99 Å². The van der Waals surface area contributed by atoms with E-state index in [1.165, 1.54) is 0 Å². The van der Waals surface area contributed by atoms with Crippen LogP contribution in [-0.4, -0.2) is 22.2 Å². The van der Waals surface area contributed by atoms with Gasteiger partial charge in [-0.05, 0) is 30.0 Å². The van der Waals surface area contributed by atoms with Crippen molar-refractivity contribution >= 4 is 17.2 Å². The number of fused-ring (bicyclic) bond motifs is 3. The summed E-state index contributed by atoms with van der Waals surface area (Å²) in [5.74, 6) is 0.532. The van der Waals surface area contributed by atoms with Crippen LogP contribution in [0.4, 0.5) is 0 Å². The molecule has 1 atom stereocenters. The van der Waals surface area contributed by atoms with E-state index in [0.717, 1.165) is 22.7 Å². The molecule has 2 aromatic rings. The Bertz CT molecular complexity index is 585. The molecule has 0 spiro atoms. The number of hydrogen-bond donors (Lipinski definition) is 1. The number of aliphatic hydroxyl groups excluding tert-OH is 1. The number of aromatic nitrogens is 1. The van der Waals surface area contributed by atoms with E-state index in [9.17, 15) is 5.11 Å². The van der Waals surface area contributed by atoms with Gasteiger partial charge in [0.1, 0.15) is 5.00 Å². The Hall–Kier alpha value is -1.59. The van der Waals surface area contributed by atoms with E-state index in [1.807, 2.05) is 41.3 Å². The van der Waals surface area contributed by atoms with Gasteiger partial charge in [0.2, 0.25) is 5.90 Å². The first-order chi connectivity index (χ1) is 8.81. The van der Waals surface area contributed by atoms with Crippen LogP contribution >= 0.6 is 11.3 Å². The van der Waals surface area contributed by atoms with Gasteiger partial charge in [-0.3, -0.25) is 0 Å². The van der Waals surface area contributed by atoms with E-state index in [2.05, 4.69) is 4.99 Å². The molecule has 3 heterocycles. The van der Waals surface area contributed by atoms with Gasteiger partial charge in [0.05, 0.1) is 17.9 Å². The van der Waals surface area contributed by atoms with Gasteiger partial charge >= 0.3 is 0 Å². The monoisotopic (exact) mass is 262 g/mol. The van der Waals surface area contributed by atoms with Crippen LogP contribution in [-0.2, 0) is 4.74 Å². The van der Waals surface area contributed by atoms with Gasteiger partial charge in [0.25, 0.3) is 0 Å². The van der Waals surface area contributed by atoms with Gasteiger partial charge in [0.15, 0.2) is 6.23 Å². The Kier molecular flexibility index (Phi) is 2.93. The number of thiophene rings is 1. The van der Waals surface area contributed by atoms with Crippen LogP contribution in [0.25, 0.3) is 5.00 Å². The lowest BCUT2D eigenvalue weighted by Crippen LogP contribution is -2.08. The minimum absolute atomic E-state index is 0.532. The molecule has 18 heavy (non-hydrogen) atoms. The zero-order chi connectivity index (χ0) is 12.5. The van der Waals surface area contributed by atoms with Crippen molar-refractivity contribution < 1.29 is 9.84 Å². The zero-order valence-electron chi connectivity index (χ0n) is 10.0. The molecule has 0 radical (unpaired) electrons. The topological polar surface area (TPSA) is 46.8 Å². The number of aliphatic imine (C=N–C) groups is 1. The molecule has 1 N–H and O–H groups in total. The Balaban J connectivity index is 2.11. The van der Waals surface area contributed by atoms with E-state index >= 15 is 0 Å². The molecule has 5 heteroatoms. The maximum absolute atomic E-state index is 10.1. The lowest BCUT2D eigenvalue weighted by atomic mass is 10.3. The molecule has 0 aromatic carbocycles. The molecule has 0 amide bonds. The number of ether oxygens (including phenoxy) is 1. The Labute approximate surface area is 109 Å². The van der Waals surface area contributed by atoms with Crippen LogP contribution in [0.2, 0.25) is 0 Å². The highest BCUT2D eigenvalue weighted by Crippen LogP contribution is 2.31. The van der Waals surface area contributed by atoms with E-state index < -0.39 is 6.23 Å². The minimum Gasteiger partial charge on any atom is -0.477 e. The van der Waals surface area contributed by atoms with Crippen molar-refractivity contribution in [2.45, 2.75) is 19.6 Å². The van der Waals surface area contributed by atoms with Crippen molar-refractivity contribution in [1.29, 1.82) is 0 Å². The van der Waals surface area contributed by atoms with Crippen LogP contribution in [0.3, 0.4) is 0 Å². The second-order valence-electron chi connectivity index (χ2n) is 4.10. The Morgan fingerprint density at radius 3 is 3.22 bits per heavy atom. The highest BCUT2D eigenvalue weighted by molar-refractivity contribution is 7.13. The third-order valence-electron chi connectivity index (χ3n) is 2.82. The summed E-state index contributed by atoms with van der Waals surface area (Å²) in [5.41, 5.74) is 1.72. The minimum atomic E-state index is -0.869. The Morgan fingerprint density at radius 1 is 1.50 bits per heavy atom. The van der Waals surface area contributed by atoms with Crippen molar-refractivity contribution in [2.75, 3.05) is 6.61 Å². The molecule has 0 saturated heterocycles. The first-order valence-corrected chi connectivity index (χ1v) is 6.83. The average Bonchev–Trinajstić information content (AvgIpc) is 2.99. The number of hydrogen-bond acceptors (Lipinski definition) is 4. The normalized spacial score (nSPS) is 17.7. The summed E-state index contributed by atoms with van der Waals surface area (Å²) < 4.78 is 7.62.